The summed E-state index contributed by atoms with van der Waals surface area (Å²) >= 11 is 0. The topological polar surface area (TPSA) is 183 Å². The summed E-state index contributed by atoms with van der Waals surface area (Å²) in [5.41, 5.74) is 0.215. The molecular formula is C41H64O13. The van der Waals surface area contributed by atoms with Crippen molar-refractivity contribution in [3.8, 4) is 0 Å². The first-order valence-electron chi connectivity index (χ1n) is 20.8. The molecule has 0 aromatic heterocycles. The van der Waals surface area contributed by atoms with Crippen LogP contribution < -0.4 is 0 Å². The molecule has 3 saturated heterocycles. The van der Waals surface area contributed by atoms with E-state index in [2.05, 4.69) is 13.8 Å². The summed E-state index contributed by atoms with van der Waals surface area (Å²) in [5, 5.41) is 55.0. The van der Waals surface area contributed by atoms with Gasteiger partial charge < -0.3 is 58.7 Å². The van der Waals surface area contributed by atoms with E-state index in [0.29, 0.717) is 18.4 Å². The number of carbonyl (C=O) groups is 1. The summed E-state index contributed by atoms with van der Waals surface area (Å²) in [4.78, 5) is 11.9. The number of ether oxygens (including phenoxy) is 7. The highest BCUT2D eigenvalue weighted by molar-refractivity contribution is 5.85. The summed E-state index contributed by atoms with van der Waals surface area (Å²) in [6.07, 6.45) is 1.90. The van der Waals surface area contributed by atoms with Crippen LogP contribution in [-0.4, -0.2) is 124 Å². The lowest BCUT2D eigenvalue weighted by molar-refractivity contribution is -0.336. The normalized spacial score (nSPS) is 55.0. The largest absolute Gasteiger partial charge is 0.458 e. The highest BCUT2D eigenvalue weighted by atomic mass is 16.7. The molecule has 0 bridgehead atoms. The molecule has 4 saturated carbocycles. The van der Waals surface area contributed by atoms with Gasteiger partial charge in [0.05, 0.1) is 48.3 Å². The first-order valence-corrected chi connectivity index (χ1v) is 20.8. The zero-order valence-corrected chi connectivity index (χ0v) is 32.6. The zero-order chi connectivity index (χ0) is 38.3. The van der Waals surface area contributed by atoms with Crippen molar-refractivity contribution in [3.05, 3.63) is 11.6 Å². The summed E-state index contributed by atoms with van der Waals surface area (Å²) in [6, 6.07) is 0. The molecule has 5 N–H and O–H groups in total. The summed E-state index contributed by atoms with van der Waals surface area (Å²) in [5.74, 6) is 1.13. The Labute approximate surface area is 319 Å². The minimum Gasteiger partial charge on any atom is -0.458 e. The van der Waals surface area contributed by atoms with E-state index in [0.717, 1.165) is 63.4 Å². The summed E-state index contributed by atoms with van der Waals surface area (Å²) in [7, 11) is 0. The molecule has 9 unspecified atom stereocenters. The van der Waals surface area contributed by atoms with Gasteiger partial charge in [0, 0.05) is 30.8 Å². The van der Waals surface area contributed by atoms with E-state index in [4.69, 9.17) is 33.2 Å². The second-order valence-electron chi connectivity index (χ2n) is 18.7. The Bertz CT molecular complexity index is 1370. The van der Waals surface area contributed by atoms with Gasteiger partial charge in [-0.25, -0.2) is 4.79 Å². The van der Waals surface area contributed by atoms with Crippen LogP contribution >= 0.6 is 0 Å². The van der Waals surface area contributed by atoms with Gasteiger partial charge in [-0.05, 0) is 113 Å². The van der Waals surface area contributed by atoms with E-state index in [1.54, 1.807) is 19.9 Å². The lowest BCUT2D eigenvalue weighted by Gasteiger charge is -2.64. The van der Waals surface area contributed by atoms with Gasteiger partial charge in [-0.2, -0.15) is 0 Å². The number of carbonyl (C=O) groups excluding carboxylic acids is 1. The Balaban J connectivity index is 0.826. The SMILES string of the molecule is CC1OC(O[C@@H]2C(C)OC(O[C@@H]3C(C)OC(O[C@H]4CCC5(C)C6CCC7(C)[C@@H](C8=CC(=O)OC8)CC[C@]7(O)[C@@H]6CC[C@H]5C4)C[C@H]3O)C[C@H]2O)C[C@@H](O)[C@@H]1O. The fourth-order valence-electron chi connectivity index (χ4n) is 12.8. The lowest BCUT2D eigenvalue weighted by Crippen LogP contribution is -2.62. The van der Waals surface area contributed by atoms with E-state index in [1.807, 2.05) is 6.92 Å². The summed E-state index contributed by atoms with van der Waals surface area (Å²) in [6.45, 7) is 10.4. The van der Waals surface area contributed by atoms with Gasteiger partial charge in [0.15, 0.2) is 18.9 Å². The molecule has 4 aliphatic heterocycles. The Morgan fingerprint density at radius 3 is 1.89 bits per heavy atom. The molecule has 54 heavy (non-hydrogen) atoms. The van der Waals surface area contributed by atoms with Crippen LogP contribution in [0.2, 0.25) is 0 Å². The molecule has 0 radical (unpaired) electrons. The Morgan fingerprint density at radius 1 is 0.685 bits per heavy atom. The van der Waals surface area contributed by atoms with Gasteiger partial charge in [0.25, 0.3) is 0 Å². The van der Waals surface area contributed by atoms with Crippen LogP contribution in [-0.2, 0) is 38.0 Å². The van der Waals surface area contributed by atoms with Gasteiger partial charge in [-0.3, -0.25) is 0 Å². The molecule has 4 heterocycles. The molecule has 306 valence electrons. The van der Waals surface area contributed by atoms with Gasteiger partial charge in [0.1, 0.15) is 24.9 Å². The molecule has 8 aliphatic rings. The Kier molecular flexibility index (Phi) is 10.9. The van der Waals surface area contributed by atoms with Crippen molar-refractivity contribution in [1.82, 2.24) is 0 Å². The van der Waals surface area contributed by atoms with Crippen molar-refractivity contribution in [2.24, 2.45) is 34.5 Å². The van der Waals surface area contributed by atoms with Crippen LogP contribution in [0.4, 0.5) is 0 Å². The summed E-state index contributed by atoms with van der Waals surface area (Å²) < 4.78 is 42.2. The minimum absolute atomic E-state index is 0.0243. The van der Waals surface area contributed by atoms with Crippen molar-refractivity contribution < 1.29 is 63.5 Å². The zero-order valence-electron chi connectivity index (χ0n) is 32.6. The molecule has 0 spiro atoms. The van der Waals surface area contributed by atoms with Crippen molar-refractivity contribution in [2.45, 2.75) is 197 Å². The average Bonchev–Trinajstić information content (AvgIpc) is 3.66. The van der Waals surface area contributed by atoms with Gasteiger partial charge >= 0.3 is 5.97 Å². The predicted molar refractivity (Wildman–Crippen MR) is 191 cm³/mol. The number of aliphatic hydroxyl groups is 5. The second-order valence-corrected chi connectivity index (χ2v) is 18.7. The first kappa shape index (κ1) is 39.6. The second kappa shape index (κ2) is 14.9. The van der Waals surface area contributed by atoms with Gasteiger partial charge in [-0.1, -0.05) is 13.8 Å². The van der Waals surface area contributed by atoms with Crippen LogP contribution in [0, 0.1) is 34.5 Å². The number of cyclic esters (lactones) is 1. The van der Waals surface area contributed by atoms with E-state index in [-0.39, 0.29) is 54.0 Å². The number of aliphatic hydroxyl groups excluding tert-OH is 4. The Hall–Kier alpha value is -1.23. The lowest BCUT2D eigenvalue weighted by atomic mass is 9.43. The molecule has 13 nitrogen and oxygen atoms in total. The number of fused-ring (bicyclic) bond motifs is 5. The highest BCUT2D eigenvalue weighted by Crippen LogP contribution is 2.70. The van der Waals surface area contributed by atoms with E-state index in [1.165, 1.54) is 0 Å². The van der Waals surface area contributed by atoms with Crippen LogP contribution in [0.1, 0.15) is 112 Å². The molecule has 8 rings (SSSR count). The number of hydrogen-bond donors (Lipinski definition) is 5. The molecule has 0 aromatic rings. The molecule has 4 aliphatic carbocycles. The quantitative estimate of drug-likeness (QED) is 0.188. The van der Waals surface area contributed by atoms with E-state index in [9.17, 15) is 30.3 Å². The van der Waals surface area contributed by atoms with Crippen molar-refractivity contribution >= 4 is 5.97 Å². The molecule has 0 amide bonds. The molecule has 13 heteroatoms. The average molecular weight is 765 g/mol. The van der Waals surface area contributed by atoms with Gasteiger partial charge in [-0.15, -0.1) is 0 Å². The van der Waals surface area contributed by atoms with Crippen LogP contribution in [0.3, 0.4) is 0 Å². The van der Waals surface area contributed by atoms with Crippen molar-refractivity contribution in [3.63, 3.8) is 0 Å². The minimum atomic E-state index is -0.996. The highest BCUT2D eigenvalue weighted by Gasteiger charge is 2.68. The van der Waals surface area contributed by atoms with Crippen LogP contribution in [0.25, 0.3) is 0 Å². The third kappa shape index (κ3) is 6.82. The maximum atomic E-state index is 12.6. The monoisotopic (exact) mass is 764 g/mol. The smallest absolute Gasteiger partial charge is 0.331 e. The Morgan fingerprint density at radius 2 is 1.30 bits per heavy atom. The van der Waals surface area contributed by atoms with Crippen LogP contribution in [0.5, 0.6) is 0 Å². The van der Waals surface area contributed by atoms with Crippen LogP contribution in [0.15, 0.2) is 11.6 Å². The van der Waals surface area contributed by atoms with Crippen molar-refractivity contribution in [1.29, 1.82) is 0 Å². The van der Waals surface area contributed by atoms with E-state index >= 15 is 0 Å². The molecular weight excluding hydrogens is 700 g/mol. The number of esters is 1. The van der Waals surface area contributed by atoms with Crippen molar-refractivity contribution in [2.75, 3.05) is 6.61 Å². The third-order valence-electron chi connectivity index (χ3n) is 15.9. The first-order chi connectivity index (χ1) is 25.6. The molecule has 0 aromatic carbocycles. The maximum Gasteiger partial charge on any atom is 0.331 e. The molecule has 20 atom stereocenters. The molecule has 7 fully saturated rings. The third-order valence-corrected chi connectivity index (χ3v) is 15.9. The fourth-order valence-corrected chi connectivity index (χ4v) is 12.8. The van der Waals surface area contributed by atoms with E-state index < -0.39 is 79.4 Å². The standard InChI is InChI=1S/C41H64O13/c1-20-36(46)29(42)16-34(49-20)53-38-22(3)51-35(18-31(38)44)54-37-21(2)50-33(17-30(37)43)52-25-8-11-39(4)24(15-25)6-7-28-27(39)9-12-40(5)26(10-13-41(28,40)47)23-14-32(45)48-19-23/h14,20-22,24-31,33-38,42-44,46-47H,6-13,15-19H2,1-5H3/t20?,21?,22?,24-,25-,26+,27?,28+,29+,30+,31+,33?,34?,35?,36+,37+,38+,39?,40?,41-/m0/s1. The van der Waals surface area contributed by atoms with Gasteiger partial charge in [0.2, 0.25) is 0 Å². The maximum absolute atomic E-state index is 12.6. The fraction of sp³-hybridized carbons (Fsp3) is 0.927. The number of hydrogen-bond acceptors (Lipinski definition) is 13. The number of rotatable bonds is 7. The predicted octanol–water partition coefficient (Wildman–Crippen LogP) is 3.25.